The van der Waals surface area contributed by atoms with Crippen molar-refractivity contribution < 1.29 is 4.79 Å². The fourth-order valence-electron chi connectivity index (χ4n) is 3.48. The summed E-state index contributed by atoms with van der Waals surface area (Å²) in [5.41, 5.74) is 4.02. The molecule has 158 valence electrons. The standard InChI is InChI=1S/C25H20N4O2S/c1-16-11-12-22(17(2)13-16)29-24(31)19-8-4-6-10-21(19)28-25(29)32-15-23(30)27-20-9-5-3-7-18(20)14-26/h3-13H,15H2,1-2H3,(H,27,30). The van der Waals surface area contributed by atoms with Crippen LogP contribution in [0.15, 0.2) is 76.7 Å². The maximum Gasteiger partial charge on any atom is 0.266 e. The number of hydrogen-bond acceptors (Lipinski definition) is 5. The van der Waals surface area contributed by atoms with Crippen LogP contribution >= 0.6 is 11.8 Å². The van der Waals surface area contributed by atoms with Gasteiger partial charge in [-0.25, -0.2) is 4.98 Å². The molecule has 1 heterocycles. The zero-order valence-corrected chi connectivity index (χ0v) is 18.4. The zero-order valence-electron chi connectivity index (χ0n) is 17.6. The number of thioether (sulfide) groups is 1. The van der Waals surface area contributed by atoms with E-state index in [1.54, 1.807) is 41.0 Å². The van der Waals surface area contributed by atoms with Crippen molar-refractivity contribution in [1.29, 1.82) is 5.26 Å². The van der Waals surface area contributed by atoms with Crippen LogP contribution in [0.25, 0.3) is 16.6 Å². The summed E-state index contributed by atoms with van der Waals surface area (Å²) in [6.07, 6.45) is 0. The quantitative estimate of drug-likeness (QED) is 0.362. The second-order valence-electron chi connectivity index (χ2n) is 7.34. The van der Waals surface area contributed by atoms with E-state index in [0.29, 0.717) is 27.3 Å². The topological polar surface area (TPSA) is 87.8 Å². The monoisotopic (exact) mass is 440 g/mol. The van der Waals surface area contributed by atoms with Crippen molar-refractivity contribution in [3.05, 3.63) is 93.8 Å². The maximum absolute atomic E-state index is 13.4. The minimum atomic E-state index is -0.285. The Labute approximate surface area is 189 Å². The number of amides is 1. The van der Waals surface area contributed by atoms with Crippen LogP contribution in [0.2, 0.25) is 0 Å². The van der Waals surface area contributed by atoms with Crippen LogP contribution in [0.3, 0.4) is 0 Å². The van der Waals surface area contributed by atoms with Crippen LogP contribution < -0.4 is 10.9 Å². The number of carbonyl (C=O) groups excluding carboxylic acids is 1. The van der Waals surface area contributed by atoms with Gasteiger partial charge in [-0.3, -0.25) is 14.2 Å². The summed E-state index contributed by atoms with van der Waals surface area (Å²) in [5.74, 6) is -0.248. The van der Waals surface area contributed by atoms with Gasteiger partial charge in [-0.05, 0) is 49.7 Å². The Morgan fingerprint density at radius 1 is 1.09 bits per heavy atom. The van der Waals surface area contributed by atoms with Crippen LogP contribution in [0.1, 0.15) is 16.7 Å². The number of carbonyl (C=O) groups is 1. The second-order valence-corrected chi connectivity index (χ2v) is 8.28. The van der Waals surface area contributed by atoms with Crippen LogP contribution in [0.4, 0.5) is 5.69 Å². The number of nitrogens with one attached hydrogen (secondary N) is 1. The lowest BCUT2D eigenvalue weighted by Gasteiger charge is -2.15. The summed E-state index contributed by atoms with van der Waals surface area (Å²) in [5, 5.41) is 12.9. The molecule has 3 aromatic carbocycles. The van der Waals surface area contributed by atoms with Gasteiger partial charge in [-0.15, -0.1) is 0 Å². The molecular formula is C25H20N4O2S. The third-order valence-corrected chi connectivity index (χ3v) is 5.93. The molecule has 0 radical (unpaired) electrons. The van der Waals surface area contributed by atoms with Crippen LogP contribution in [0.5, 0.6) is 0 Å². The normalized spacial score (nSPS) is 10.7. The molecule has 0 atom stereocenters. The number of nitrogens with zero attached hydrogens (tertiary/aromatic N) is 3. The Kier molecular flexibility index (Phi) is 6.06. The largest absolute Gasteiger partial charge is 0.324 e. The average molecular weight is 441 g/mol. The molecular weight excluding hydrogens is 420 g/mol. The molecule has 0 saturated heterocycles. The van der Waals surface area contributed by atoms with Crippen LogP contribution in [0, 0.1) is 25.2 Å². The van der Waals surface area contributed by atoms with Crippen molar-refractivity contribution in [2.45, 2.75) is 19.0 Å². The fraction of sp³-hybridized carbons (Fsp3) is 0.120. The first-order chi connectivity index (χ1) is 15.5. The van der Waals surface area contributed by atoms with Crippen molar-refractivity contribution in [2.24, 2.45) is 0 Å². The van der Waals surface area contributed by atoms with Gasteiger partial charge in [-0.1, -0.05) is 53.7 Å². The molecule has 1 N–H and O–H groups in total. The molecule has 0 unspecified atom stereocenters. The first-order valence-corrected chi connectivity index (χ1v) is 11.0. The van der Waals surface area contributed by atoms with E-state index in [1.165, 1.54) is 11.8 Å². The summed E-state index contributed by atoms with van der Waals surface area (Å²) in [7, 11) is 0. The predicted molar refractivity (Wildman–Crippen MR) is 127 cm³/mol. The number of benzene rings is 3. The molecule has 0 aliphatic rings. The van der Waals surface area contributed by atoms with Gasteiger partial charge in [-0.2, -0.15) is 5.26 Å². The zero-order chi connectivity index (χ0) is 22.7. The number of para-hydroxylation sites is 2. The van der Waals surface area contributed by atoms with Gasteiger partial charge in [0.05, 0.1) is 33.6 Å². The van der Waals surface area contributed by atoms with Gasteiger partial charge >= 0.3 is 0 Å². The molecule has 1 aromatic heterocycles. The lowest BCUT2D eigenvalue weighted by atomic mass is 10.1. The van der Waals surface area contributed by atoms with E-state index in [2.05, 4.69) is 16.4 Å². The fourth-order valence-corrected chi connectivity index (χ4v) is 4.29. The highest BCUT2D eigenvalue weighted by Gasteiger charge is 2.16. The number of aryl methyl sites for hydroxylation is 2. The maximum atomic E-state index is 13.4. The molecule has 7 heteroatoms. The van der Waals surface area contributed by atoms with Crippen molar-refractivity contribution in [3.63, 3.8) is 0 Å². The number of rotatable bonds is 5. The summed E-state index contributed by atoms with van der Waals surface area (Å²) >= 11 is 1.18. The van der Waals surface area contributed by atoms with E-state index in [1.807, 2.05) is 44.2 Å². The first-order valence-electron chi connectivity index (χ1n) is 9.99. The number of aromatic nitrogens is 2. The number of anilines is 1. The lowest BCUT2D eigenvalue weighted by Crippen LogP contribution is -2.23. The Morgan fingerprint density at radius 2 is 1.84 bits per heavy atom. The molecule has 0 saturated carbocycles. The van der Waals surface area contributed by atoms with Crippen molar-refractivity contribution in [1.82, 2.24) is 9.55 Å². The molecule has 0 bridgehead atoms. The lowest BCUT2D eigenvalue weighted by molar-refractivity contribution is -0.113. The molecule has 0 spiro atoms. The Morgan fingerprint density at radius 3 is 2.62 bits per heavy atom. The third kappa shape index (κ3) is 4.27. The van der Waals surface area contributed by atoms with E-state index in [-0.39, 0.29) is 17.2 Å². The van der Waals surface area contributed by atoms with Gasteiger partial charge < -0.3 is 5.32 Å². The van der Waals surface area contributed by atoms with Crippen molar-refractivity contribution in [2.75, 3.05) is 11.1 Å². The molecule has 4 rings (SSSR count). The second kappa shape index (κ2) is 9.08. The summed E-state index contributed by atoms with van der Waals surface area (Å²) < 4.78 is 1.57. The van der Waals surface area contributed by atoms with Crippen molar-refractivity contribution >= 4 is 34.3 Å². The summed E-state index contributed by atoms with van der Waals surface area (Å²) in [4.78, 5) is 30.7. The van der Waals surface area contributed by atoms with E-state index in [4.69, 9.17) is 0 Å². The van der Waals surface area contributed by atoms with E-state index >= 15 is 0 Å². The van der Waals surface area contributed by atoms with E-state index in [0.717, 1.165) is 16.8 Å². The van der Waals surface area contributed by atoms with Gasteiger partial charge in [0.25, 0.3) is 5.56 Å². The summed E-state index contributed by atoms with van der Waals surface area (Å²) in [6, 6.07) is 21.9. The van der Waals surface area contributed by atoms with Gasteiger partial charge in [0, 0.05) is 0 Å². The van der Waals surface area contributed by atoms with Crippen LogP contribution in [-0.2, 0) is 4.79 Å². The number of hydrogen-bond donors (Lipinski definition) is 1. The molecule has 32 heavy (non-hydrogen) atoms. The Bertz CT molecular complexity index is 1440. The number of fused-ring (bicyclic) bond motifs is 1. The molecule has 4 aromatic rings. The number of nitriles is 1. The highest BCUT2D eigenvalue weighted by Crippen LogP contribution is 2.24. The molecule has 0 aliphatic heterocycles. The molecule has 0 aliphatic carbocycles. The highest BCUT2D eigenvalue weighted by molar-refractivity contribution is 7.99. The van der Waals surface area contributed by atoms with E-state index in [9.17, 15) is 14.9 Å². The van der Waals surface area contributed by atoms with E-state index < -0.39 is 0 Å². The Balaban J connectivity index is 1.71. The predicted octanol–water partition coefficient (Wildman–Crippen LogP) is 4.61. The summed E-state index contributed by atoms with van der Waals surface area (Å²) in [6.45, 7) is 3.95. The molecule has 6 nitrogen and oxygen atoms in total. The third-order valence-electron chi connectivity index (χ3n) is 4.99. The SMILES string of the molecule is Cc1ccc(-n2c(SCC(=O)Nc3ccccc3C#N)nc3ccccc3c2=O)c(C)c1. The van der Waals surface area contributed by atoms with Crippen LogP contribution in [-0.4, -0.2) is 21.2 Å². The minimum Gasteiger partial charge on any atom is -0.324 e. The average Bonchev–Trinajstić information content (AvgIpc) is 2.79. The smallest absolute Gasteiger partial charge is 0.266 e. The van der Waals surface area contributed by atoms with Crippen molar-refractivity contribution in [3.8, 4) is 11.8 Å². The minimum absolute atomic E-state index is 0.0372. The molecule has 1 amide bonds. The van der Waals surface area contributed by atoms with Gasteiger partial charge in [0.2, 0.25) is 5.91 Å². The first kappa shape index (κ1) is 21.3. The highest BCUT2D eigenvalue weighted by atomic mass is 32.2. The van der Waals surface area contributed by atoms with Gasteiger partial charge in [0.1, 0.15) is 6.07 Å². The Hall–Kier alpha value is -3.89. The van der Waals surface area contributed by atoms with Gasteiger partial charge in [0.15, 0.2) is 5.16 Å². The molecule has 0 fully saturated rings.